The molecule has 0 atom stereocenters. The Morgan fingerprint density at radius 3 is 2.58 bits per heavy atom. The first-order valence-corrected chi connectivity index (χ1v) is 5.73. The van der Waals surface area contributed by atoms with Gasteiger partial charge in [0.15, 0.2) is 0 Å². The molecule has 0 bridgehead atoms. The van der Waals surface area contributed by atoms with E-state index < -0.39 is 6.43 Å². The normalized spacial score (nSPS) is 10.8. The summed E-state index contributed by atoms with van der Waals surface area (Å²) in [5.41, 5.74) is 2.44. The minimum atomic E-state index is -2.35. The van der Waals surface area contributed by atoms with Crippen molar-refractivity contribution in [3.8, 4) is 5.75 Å². The minimum Gasteiger partial charge on any atom is -0.492 e. The lowest BCUT2D eigenvalue weighted by atomic mass is 10.2. The highest BCUT2D eigenvalue weighted by Crippen LogP contribution is 2.12. The van der Waals surface area contributed by atoms with E-state index >= 15 is 0 Å². The van der Waals surface area contributed by atoms with E-state index in [9.17, 15) is 13.6 Å². The Labute approximate surface area is 110 Å². The van der Waals surface area contributed by atoms with Gasteiger partial charge in [0.05, 0.1) is 6.54 Å². The van der Waals surface area contributed by atoms with Gasteiger partial charge >= 0.3 is 0 Å². The molecule has 0 aliphatic heterocycles. The van der Waals surface area contributed by atoms with E-state index in [1.807, 2.05) is 5.43 Å². The second kappa shape index (κ2) is 7.65. The van der Waals surface area contributed by atoms with E-state index in [-0.39, 0.29) is 12.5 Å². The van der Waals surface area contributed by atoms with Crippen molar-refractivity contribution >= 4 is 5.91 Å². The Hall–Kier alpha value is -1.73. The molecule has 0 saturated carbocycles. The van der Waals surface area contributed by atoms with Gasteiger partial charge in [-0.25, -0.2) is 14.6 Å². The first-order chi connectivity index (χ1) is 9.02. The highest BCUT2D eigenvalue weighted by Gasteiger charge is 2.07. The van der Waals surface area contributed by atoms with E-state index in [1.54, 1.807) is 31.3 Å². The quantitative estimate of drug-likeness (QED) is 0.439. The van der Waals surface area contributed by atoms with Gasteiger partial charge in [0.1, 0.15) is 12.4 Å². The van der Waals surface area contributed by atoms with Crippen molar-refractivity contribution in [1.82, 2.24) is 10.3 Å². The molecule has 0 spiro atoms. The fraction of sp³-hybridized carbons (Fsp3) is 0.417. The number of hydrogen-bond acceptors (Lipinski definition) is 4. The zero-order valence-electron chi connectivity index (χ0n) is 10.6. The molecule has 0 fully saturated rings. The van der Waals surface area contributed by atoms with Crippen LogP contribution >= 0.6 is 0 Å². The Morgan fingerprint density at radius 2 is 2.05 bits per heavy atom. The number of nitrogens with one attached hydrogen (secondary N) is 1. The maximum absolute atomic E-state index is 12.1. The van der Waals surface area contributed by atoms with Crippen molar-refractivity contribution in [2.24, 2.45) is 5.84 Å². The van der Waals surface area contributed by atoms with Crippen LogP contribution in [0, 0.1) is 0 Å². The summed E-state index contributed by atoms with van der Waals surface area (Å²) >= 11 is 0. The zero-order chi connectivity index (χ0) is 14.3. The Balaban J connectivity index is 2.36. The summed E-state index contributed by atoms with van der Waals surface area (Å²) in [5, 5.41) is 0. The lowest BCUT2D eigenvalue weighted by Crippen LogP contribution is -2.30. The van der Waals surface area contributed by atoms with Crippen LogP contribution in [0.4, 0.5) is 8.78 Å². The molecule has 0 aliphatic rings. The molecule has 1 amide bonds. The number of amides is 1. The zero-order valence-corrected chi connectivity index (χ0v) is 10.6. The van der Waals surface area contributed by atoms with E-state index in [1.165, 1.54) is 4.90 Å². The number of hydrogen-bond donors (Lipinski definition) is 2. The second-order valence-electron chi connectivity index (χ2n) is 4.00. The lowest BCUT2D eigenvalue weighted by Gasteiger charge is -2.16. The van der Waals surface area contributed by atoms with Gasteiger partial charge in [0, 0.05) is 12.1 Å². The van der Waals surface area contributed by atoms with E-state index in [2.05, 4.69) is 0 Å². The molecule has 0 aliphatic carbocycles. The van der Waals surface area contributed by atoms with Crippen molar-refractivity contribution in [2.75, 3.05) is 26.7 Å². The van der Waals surface area contributed by atoms with E-state index in [0.717, 1.165) is 0 Å². The number of alkyl halides is 2. The summed E-state index contributed by atoms with van der Waals surface area (Å²) < 4.78 is 29.5. The van der Waals surface area contributed by atoms with Gasteiger partial charge in [-0.1, -0.05) is 0 Å². The number of rotatable bonds is 7. The number of hydrazine groups is 1. The first-order valence-electron chi connectivity index (χ1n) is 5.73. The van der Waals surface area contributed by atoms with Crippen LogP contribution < -0.4 is 16.0 Å². The van der Waals surface area contributed by atoms with Gasteiger partial charge in [-0.05, 0) is 31.3 Å². The van der Waals surface area contributed by atoms with Gasteiger partial charge in [0.2, 0.25) is 0 Å². The van der Waals surface area contributed by atoms with Gasteiger partial charge in [-0.3, -0.25) is 15.1 Å². The summed E-state index contributed by atoms with van der Waals surface area (Å²) in [7, 11) is 1.60. The average Bonchev–Trinajstić information content (AvgIpc) is 2.37. The maximum atomic E-state index is 12.1. The van der Waals surface area contributed by atoms with Gasteiger partial charge < -0.3 is 4.74 Å². The predicted molar refractivity (Wildman–Crippen MR) is 67.1 cm³/mol. The third-order valence-corrected chi connectivity index (χ3v) is 2.44. The summed E-state index contributed by atoms with van der Waals surface area (Å²) in [5.74, 6) is 5.18. The van der Waals surface area contributed by atoms with Crippen LogP contribution in [0.25, 0.3) is 0 Å². The maximum Gasteiger partial charge on any atom is 0.265 e. The molecular weight excluding hydrogens is 256 g/mol. The van der Waals surface area contributed by atoms with Gasteiger partial charge in [0.25, 0.3) is 12.3 Å². The fourth-order valence-electron chi connectivity index (χ4n) is 1.43. The molecule has 0 radical (unpaired) electrons. The molecular formula is C12H17F2N3O2. The standard InChI is InChI=1S/C12H17F2N3O2/c1-17(8-11(13)14)6-7-19-10-4-2-9(3-5-10)12(18)16-15/h2-5,11H,6-8,15H2,1H3,(H,16,18). The minimum absolute atomic E-state index is 0.279. The number of carbonyl (C=O) groups is 1. The van der Waals surface area contributed by atoms with Crippen LogP contribution in [-0.2, 0) is 0 Å². The smallest absolute Gasteiger partial charge is 0.265 e. The fourth-order valence-corrected chi connectivity index (χ4v) is 1.43. The molecule has 0 saturated heterocycles. The first kappa shape index (κ1) is 15.3. The average molecular weight is 273 g/mol. The molecule has 5 nitrogen and oxygen atoms in total. The van der Waals surface area contributed by atoms with Crippen molar-refractivity contribution < 1.29 is 18.3 Å². The van der Waals surface area contributed by atoms with Crippen molar-refractivity contribution in [3.05, 3.63) is 29.8 Å². The molecule has 106 valence electrons. The van der Waals surface area contributed by atoms with Crippen LogP contribution in [0.15, 0.2) is 24.3 Å². The van der Waals surface area contributed by atoms with Crippen molar-refractivity contribution in [2.45, 2.75) is 6.43 Å². The van der Waals surface area contributed by atoms with Crippen molar-refractivity contribution in [3.63, 3.8) is 0 Å². The van der Waals surface area contributed by atoms with Crippen LogP contribution in [0.5, 0.6) is 5.75 Å². The largest absolute Gasteiger partial charge is 0.492 e. The Bertz CT molecular complexity index is 398. The SMILES string of the molecule is CN(CCOc1ccc(C(=O)NN)cc1)CC(F)F. The number of benzene rings is 1. The number of carbonyl (C=O) groups excluding carboxylic acids is 1. The number of nitrogen functional groups attached to an aromatic ring is 1. The number of halogens is 2. The summed E-state index contributed by atoms with van der Waals surface area (Å²) in [6.07, 6.45) is -2.35. The van der Waals surface area contributed by atoms with Crippen LogP contribution in [-0.4, -0.2) is 44.0 Å². The van der Waals surface area contributed by atoms with Crippen molar-refractivity contribution in [1.29, 1.82) is 0 Å². The Morgan fingerprint density at radius 1 is 1.42 bits per heavy atom. The number of ether oxygens (including phenoxy) is 1. The van der Waals surface area contributed by atoms with Crippen LogP contribution in [0.1, 0.15) is 10.4 Å². The van der Waals surface area contributed by atoms with Crippen LogP contribution in [0.3, 0.4) is 0 Å². The monoisotopic (exact) mass is 273 g/mol. The highest BCUT2D eigenvalue weighted by molar-refractivity contribution is 5.93. The molecule has 1 aromatic rings. The topological polar surface area (TPSA) is 67.6 Å². The lowest BCUT2D eigenvalue weighted by molar-refractivity contribution is 0.0935. The third-order valence-electron chi connectivity index (χ3n) is 2.44. The molecule has 0 aromatic heterocycles. The summed E-state index contributed by atoms with van der Waals surface area (Å²) in [6, 6.07) is 6.39. The third kappa shape index (κ3) is 5.62. The molecule has 0 heterocycles. The molecule has 19 heavy (non-hydrogen) atoms. The Kier molecular flexibility index (Phi) is 6.17. The van der Waals surface area contributed by atoms with Crippen LogP contribution in [0.2, 0.25) is 0 Å². The second-order valence-corrected chi connectivity index (χ2v) is 4.00. The molecule has 1 aromatic carbocycles. The number of nitrogens with two attached hydrogens (primary N) is 1. The molecule has 3 N–H and O–H groups in total. The molecule has 0 unspecified atom stereocenters. The summed E-state index contributed by atoms with van der Waals surface area (Å²) in [4.78, 5) is 12.7. The van der Waals surface area contributed by atoms with Gasteiger partial charge in [-0.2, -0.15) is 0 Å². The predicted octanol–water partition coefficient (Wildman–Crippen LogP) is 0.866. The molecule has 1 rings (SSSR count). The van der Waals surface area contributed by atoms with E-state index in [0.29, 0.717) is 24.5 Å². The summed E-state index contributed by atoms with van der Waals surface area (Å²) in [6.45, 7) is 0.417. The number of nitrogens with zero attached hydrogens (tertiary/aromatic N) is 1. The number of likely N-dealkylation sites (N-methyl/N-ethyl adjacent to an activating group) is 1. The molecule has 7 heteroatoms. The van der Waals surface area contributed by atoms with E-state index in [4.69, 9.17) is 10.6 Å². The van der Waals surface area contributed by atoms with Gasteiger partial charge in [-0.15, -0.1) is 0 Å². The highest BCUT2D eigenvalue weighted by atomic mass is 19.3.